The van der Waals surface area contributed by atoms with Crippen molar-refractivity contribution in [2.45, 2.75) is 38.3 Å². The van der Waals surface area contributed by atoms with Crippen molar-refractivity contribution in [1.82, 2.24) is 10.6 Å². The minimum Gasteiger partial charge on any atom is -0.506 e. The Labute approximate surface area is 118 Å². The highest BCUT2D eigenvalue weighted by molar-refractivity contribution is 6.32. The molecule has 19 heavy (non-hydrogen) atoms. The first-order valence-electron chi connectivity index (χ1n) is 6.62. The summed E-state index contributed by atoms with van der Waals surface area (Å²) in [6.45, 7) is 1.47. The van der Waals surface area contributed by atoms with Gasteiger partial charge in [-0.15, -0.1) is 0 Å². The van der Waals surface area contributed by atoms with Gasteiger partial charge in [0, 0.05) is 19.0 Å². The van der Waals surface area contributed by atoms with Crippen molar-refractivity contribution in [2.24, 2.45) is 0 Å². The molecule has 0 saturated heterocycles. The largest absolute Gasteiger partial charge is 0.506 e. The lowest BCUT2D eigenvalue weighted by molar-refractivity contribution is -0.121. The molecule has 2 rings (SSSR count). The molecule has 1 aromatic rings. The monoisotopic (exact) mass is 282 g/mol. The highest BCUT2D eigenvalue weighted by Gasteiger charge is 2.22. The summed E-state index contributed by atoms with van der Waals surface area (Å²) >= 11 is 5.82. The molecule has 104 valence electrons. The number of hydrogen-bond acceptors (Lipinski definition) is 3. The lowest BCUT2D eigenvalue weighted by atomic mass is 10.2. The molecule has 0 aliphatic heterocycles. The molecule has 1 fully saturated rings. The average molecular weight is 283 g/mol. The van der Waals surface area contributed by atoms with Crippen LogP contribution >= 0.6 is 11.6 Å². The van der Waals surface area contributed by atoms with Crippen molar-refractivity contribution in [3.05, 3.63) is 28.8 Å². The number of benzene rings is 1. The van der Waals surface area contributed by atoms with Crippen LogP contribution in [0.15, 0.2) is 18.2 Å². The van der Waals surface area contributed by atoms with Crippen LogP contribution in [0.4, 0.5) is 0 Å². The van der Waals surface area contributed by atoms with Crippen molar-refractivity contribution in [3.63, 3.8) is 0 Å². The van der Waals surface area contributed by atoms with E-state index in [1.165, 1.54) is 0 Å². The van der Waals surface area contributed by atoms with E-state index in [1.807, 2.05) is 6.07 Å². The molecule has 1 aliphatic rings. The number of phenolic OH excluding ortho intramolecular Hbond substituents is 1. The van der Waals surface area contributed by atoms with Crippen molar-refractivity contribution >= 4 is 17.5 Å². The number of amides is 1. The Kier molecular flexibility index (Phi) is 5.05. The van der Waals surface area contributed by atoms with Gasteiger partial charge in [0.2, 0.25) is 5.91 Å². The lowest BCUT2D eigenvalue weighted by Gasteiger charge is -2.06. The number of nitrogens with one attached hydrogen (secondary N) is 2. The van der Waals surface area contributed by atoms with Crippen LogP contribution in [-0.4, -0.2) is 23.6 Å². The highest BCUT2D eigenvalue weighted by Crippen LogP contribution is 2.23. The summed E-state index contributed by atoms with van der Waals surface area (Å²) in [6.07, 6.45) is 3.65. The second-order valence-electron chi connectivity index (χ2n) is 4.91. The zero-order valence-corrected chi connectivity index (χ0v) is 11.5. The number of hydrogen-bond donors (Lipinski definition) is 3. The van der Waals surface area contributed by atoms with Gasteiger partial charge in [-0.1, -0.05) is 17.7 Å². The molecule has 0 aromatic heterocycles. The predicted molar refractivity (Wildman–Crippen MR) is 75.2 cm³/mol. The van der Waals surface area contributed by atoms with E-state index in [0.717, 1.165) is 31.4 Å². The third-order valence-corrected chi connectivity index (χ3v) is 3.34. The first-order valence-corrected chi connectivity index (χ1v) is 7.00. The van der Waals surface area contributed by atoms with Gasteiger partial charge in [0.25, 0.3) is 0 Å². The van der Waals surface area contributed by atoms with Crippen molar-refractivity contribution in [2.75, 3.05) is 6.54 Å². The Morgan fingerprint density at radius 3 is 2.89 bits per heavy atom. The SMILES string of the molecule is O=C(CCCNCc1ccc(O)c(Cl)c1)NC1CC1. The minimum absolute atomic E-state index is 0.0992. The smallest absolute Gasteiger partial charge is 0.220 e. The second-order valence-corrected chi connectivity index (χ2v) is 5.32. The second kappa shape index (κ2) is 6.78. The van der Waals surface area contributed by atoms with Crippen LogP contribution in [0, 0.1) is 0 Å². The normalized spacial score (nSPS) is 14.4. The molecule has 0 radical (unpaired) electrons. The van der Waals surface area contributed by atoms with Crippen molar-refractivity contribution < 1.29 is 9.90 Å². The molecule has 3 N–H and O–H groups in total. The number of aromatic hydroxyl groups is 1. The fourth-order valence-electron chi connectivity index (χ4n) is 1.79. The highest BCUT2D eigenvalue weighted by atomic mass is 35.5. The first kappa shape index (κ1) is 14.2. The van der Waals surface area contributed by atoms with E-state index in [-0.39, 0.29) is 11.7 Å². The van der Waals surface area contributed by atoms with Crippen LogP contribution in [0.1, 0.15) is 31.2 Å². The van der Waals surface area contributed by atoms with E-state index in [0.29, 0.717) is 24.0 Å². The Bertz CT molecular complexity index is 447. The maximum atomic E-state index is 11.4. The molecule has 0 unspecified atom stereocenters. The molecule has 1 aromatic carbocycles. The van der Waals surface area contributed by atoms with Crippen LogP contribution < -0.4 is 10.6 Å². The molecule has 0 bridgehead atoms. The Balaban J connectivity index is 1.58. The quantitative estimate of drug-likeness (QED) is 0.672. The zero-order valence-electron chi connectivity index (χ0n) is 10.8. The van der Waals surface area contributed by atoms with E-state index < -0.39 is 0 Å². The number of halogens is 1. The summed E-state index contributed by atoms with van der Waals surface area (Å²) in [5, 5.41) is 15.9. The molecule has 1 saturated carbocycles. The van der Waals surface area contributed by atoms with Gasteiger partial charge in [-0.25, -0.2) is 0 Å². The molecule has 0 spiro atoms. The molecule has 0 atom stereocenters. The zero-order chi connectivity index (χ0) is 13.7. The molecule has 4 nitrogen and oxygen atoms in total. The van der Waals surface area contributed by atoms with E-state index >= 15 is 0 Å². The number of carbonyl (C=O) groups is 1. The summed E-state index contributed by atoms with van der Waals surface area (Å²) in [6, 6.07) is 5.60. The van der Waals surface area contributed by atoms with Crippen LogP contribution in [0.25, 0.3) is 0 Å². The minimum atomic E-state index is 0.0992. The third kappa shape index (κ3) is 5.09. The Hall–Kier alpha value is -1.26. The standard InChI is InChI=1S/C14H19ClN2O2/c15-12-8-10(3-6-13(12)18)9-16-7-1-2-14(19)17-11-4-5-11/h3,6,8,11,16,18H,1-2,4-5,7,9H2,(H,17,19). The number of phenols is 1. The number of rotatable bonds is 7. The first-order chi connectivity index (χ1) is 9.15. The summed E-state index contributed by atoms with van der Waals surface area (Å²) in [7, 11) is 0. The van der Waals surface area contributed by atoms with Crippen LogP contribution in [0.5, 0.6) is 5.75 Å². The molecular formula is C14H19ClN2O2. The summed E-state index contributed by atoms with van der Waals surface area (Å²) in [4.78, 5) is 11.4. The Morgan fingerprint density at radius 1 is 1.42 bits per heavy atom. The predicted octanol–water partition coefficient (Wildman–Crippen LogP) is 2.19. The van der Waals surface area contributed by atoms with Crippen LogP contribution in [0.3, 0.4) is 0 Å². The molecule has 5 heteroatoms. The summed E-state index contributed by atoms with van der Waals surface area (Å²) in [5.41, 5.74) is 1.02. The molecule has 1 amide bonds. The van der Waals surface area contributed by atoms with Gasteiger partial charge in [0.05, 0.1) is 5.02 Å². The fraction of sp³-hybridized carbons (Fsp3) is 0.500. The maximum Gasteiger partial charge on any atom is 0.220 e. The fourth-order valence-corrected chi connectivity index (χ4v) is 2.00. The van der Waals surface area contributed by atoms with Crippen LogP contribution in [0.2, 0.25) is 5.02 Å². The Morgan fingerprint density at radius 2 is 2.21 bits per heavy atom. The van der Waals surface area contributed by atoms with Crippen LogP contribution in [-0.2, 0) is 11.3 Å². The maximum absolute atomic E-state index is 11.4. The van der Waals surface area contributed by atoms with Crippen molar-refractivity contribution in [1.29, 1.82) is 0 Å². The lowest BCUT2D eigenvalue weighted by Crippen LogP contribution is -2.26. The molecular weight excluding hydrogens is 264 g/mol. The van der Waals surface area contributed by atoms with E-state index in [1.54, 1.807) is 12.1 Å². The molecule has 0 heterocycles. The van der Waals surface area contributed by atoms with Crippen molar-refractivity contribution in [3.8, 4) is 5.75 Å². The van der Waals surface area contributed by atoms with Gasteiger partial charge in [-0.05, 0) is 43.5 Å². The third-order valence-electron chi connectivity index (χ3n) is 3.04. The van der Waals surface area contributed by atoms with Gasteiger partial charge in [0.1, 0.15) is 5.75 Å². The van der Waals surface area contributed by atoms with Gasteiger partial charge < -0.3 is 15.7 Å². The van der Waals surface area contributed by atoms with Gasteiger partial charge in [-0.2, -0.15) is 0 Å². The van der Waals surface area contributed by atoms with Gasteiger partial charge in [0.15, 0.2) is 0 Å². The summed E-state index contributed by atoms with van der Waals surface area (Å²) < 4.78 is 0. The van der Waals surface area contributed by atoms with Gasteiger partial charge in [-0.3, -0.25) is 4.79 Å². The van der Waals surface area contributed by atoms with E-state index in [9.17, 15) is 9.90 Å². The van der Waals surface area contributed by atoms with Gasteiger partial charge >= 0.3 is 0 Å². The summed E-state index contributed by atoms with van der Waals surface area (Å²) in [5.74, 6) is 0.249. The van der Waals surface area contributed by atoms with E-state index in [2.05, 4.69) is 10.6 Å². The molecule has 1 aliphatic carbocycles. The van der Waals surface area contributed by atoms with E-state index in [4.69, 9.17) is 11.6 Å². The average Bonchev–Trinajstić information content (AvgIpc) is 3.17. The number of carbonyl (C=O) groups excluding carboxylic acids is 1. The topological polar surface area (TPSA) is 61.4 Å².